The number of benzene rings is 1. The van der Waals surface area contributed by atoms with Gasteiger partial charge in [-0.1, -0.05) is 19.1 Å². The van der Waals surface area contributed by atoms with E-state index >= 15 is 0 Å². The predicted molar refractivity (Wildman–Crippen MR) is 88.4 cm³/mol. The molecule has 0 aliphatic rings. The summed E-state index contributed by atoms with van der Waals surface area (Å²) in [7, 11) is 0. The Morgan fingerprint density at radius 2 is 2.19 bits per heavy atom. The minimum absolute atomic E-state index is 0.393. The van der Waals surface area contributed by atoms with Gasteiger partial charge < -0.3 is 5.32 Å². The molecule has 1 aromatic carbocycles. The summed E-state index contributed by atoms with van der Waals surface area (Å²) in [4.78, 5) is 5.60. The number of hydrogen-bond acceptors (Lipinski definition) is 4. The van der Waals surface area contributed by atoms with E-state index in [4.69, 9.17) is 0 Å². The Labute approximate surface area is 131 Å². The highest BCUT2D eigenvalue weighted by atomic mass is 32.2. The van der Waals surface area contributed by atoms with Gasteiger partial charge >= 0.3 is 0 Å². The minimum Gasteiger partial charge on any atom is -0.310 e. The number of thioether (sulfide) groups is 1. The molecule has 0 amide bonds. The van der Waals surface area contributed by atoms with Crippen LogP contribution in [0.2, 0.25) is 0 Å². The highest BCUT2D eigenvalue weighted by Crippen LogP contribution is 2.25. The number of aryl methyl sites for hydroxylation is 1. The molecule has 114 valence electrons. The molecule has 2 aromatic rings. The third-order valence-electron chi connectivity index (χ3n) is 3.42. The predicted octanol–water partition coefficient (Wildman–Crippen LogP) is 3.65. The number of nitrogens with zero attached hydrogens (tertiary/aromatic N) is 3. The smallest absolute Gasteiger partial charge is 0.138 e. The molecule has 0 radical (unpaired) electrons. The quantitative estimate of drug-likeness (QED) is 0.756. The lowest BCUT2D eigenvalue weighted by molar-refractivity contribution is 0.570. The van der Waals surface area contributed by atoms with Gasteiger partial charge in [-0.15, -0.1) is 11.8 Å². The second kappa shape index (κ2) is 8.20. The fourth-order valence-corrected chi connectivity index (χ4v) is 3.08. The van der Waals surface area contributed by atoms with Crippen LogP contribution in [0, 0.1) is 0 Å². The van der Waals surface area contributed by atoms with Crippen LogP contribution in [0.15, 0.2) is 35.5 Å². The zero-order valence-corrected chi connectivity index (χ0v) is 13.9. The van der Waals surface area contributed by atoms with Crippen molar-refractivity contribution in [2.24, 2.45) is 0 Å². The molecule has 0 aliphatic heterocycles. The van der Waals surface area contributed by atoms with E-state index < -0.39 is 0 Å². The van der Waals surface area contributed by atoms with Gasteiger partial charge in [0.25, 0.3) is 0 Å². The van der Waals surface area contributed by atoms with E-state index in [0.717, 1.165) is 31.1 Å². The summed E-state index contributed by atoms with van der Waals surface area (Å²) >= 11 is 1.81. The molecule has 21 heavy (non-hydrogen) atoms. The number of hydrogen-bond donors (Lipinski definition) is 1. The molecule has 1 aromatic heterocycles. The fraction of sp³-hybridized carbons (Fsp3) is 0.500. The van der Waals surface area contributed by atoms with E-state index in [1.165, 1.54) is 10.5 Å². The van der Waals surface area contributed by atoms with Gasteiger partial charge in [-0.05, 0) is 44.5 Å². The Balaban J connectivity index is 1.97. The van der Waals surface area contributed by atoms with Crippen molar-refractivity contribution >= 4 is 11.8 Å². The summed E-state index contributed by atoms with van der Waals surface area (Å²) in [6.07, 6.45) is 2.79. The molecular weight excluding hydrogens is 280 g/mol. The van der Waals surface area contributed by atoms with E-state index in [1.807, 2.05) is 16.4 Å². The molecule has 1 atom stereocenters. The van der Waals surface area contributed by atoms with Crippen molar-refractivity contribution in [3.05, 3.63) is 42.0 Å². The van der Waals surface area contributed by atoms with Crippen molar-refractivity contribution in [1.82, 2.24) is 20.1 Å². The lowest BCUT2D eigenvalue weighted by Gasteiger charge is -2.14. The molecule has 0 aliphatic carbocycles. The molecule has 5 heteroatoms. The zero-order chi connectivity index (χ0) is 15.1. The van der Waals surface area contributed by atoms with E-state index in [9.17, 15) is 0 Å². The molecule has 2 rings (SSSR count). The molecular formula is C16H24N4S. The Hall–Kier alpha value is -1.33. The highest BCUT2D eigenvalue weighted by Gasteiger charge is 2.07. The Kier molecular flexibility index (Phi) is 6.26. The summed E-state index contributed by atoms with van der Waals surface area (Å²) in [5.41, 5.74) is 1.34. The van der Waals surface area contributed by atoms with Crippen molar-refractivity contribution in [1.29, 1.82) is 0 Å². The van der Waals surface area contributed by atoms with Crippen molar-refractivity contribution in [2.45, 2.75) is 50.4 Å². The molecule has 1 heterocycles. The van der Waals surface area contributed by atoms with Crippen LogP contribution in [0.25, 0.3) is 0 Å². The van der Waals surface area contributed by atoms with Gasteiger partial charge in [-0.25, -0.2) is 9.67 Å². The van der Waals surface area contributed by atoms with Crippen molar-refractivity contribution in [2.75, 3.05) is 6.54 Å². The maximum Gasteiger partial charge on any atom is 0.138 e. The van der Waals surface area contributed by atoms with Crippen LogP contribution in [0.4, 0.5) is 0 Å². The van der Waals surface area contributed by atoms with Gasteiger partial charge in [0.1, 0.15) is 12.2 Å². The monoisotopic (exact) mass is 304 g/mol. The van der Waals surface area contributed by atoms with Crippen LogP contribution in [0.1, 0.15) is 44.6 Å². The third-order valence-corrected chi connectivity index (χ3v) is 4.41. The van der Waals surface area contributed by atoms with Gasteiger partial charge in [-0.2, -0.15) is 5.10 Å². The maximum atomic E-state index is 4.32. The van der Waals surface area contributed by atoms with Gasteiger partial charge in [0.2, 0.25) is 0 Å². The van der Waals surface area contributed by atoms with Crippen LogP contribution in [0.5, 0.6) is 0 Å². The lowest BCUT2D eigenvalue weighted by Crippen LogP contribution is -2.19. The Morgan fingerprint density at radius 3 is 2.95 bits per heavy atom. The minimum atomic E-state index is 0.393. The second-order valence-corrected chi connectivity index (χ2v) is 6.08. The lowest BCUT2D eigenvalue weighted by atomic mass is 10.1. The largest absolute Gasteiger partial charge is 0.310 e. The number of nitrogens with one attached hydrogen (secondary N) is 1. The van der Waals surface area contributed by atoms with Crippen LogP contribution in [-0.4, -0.2) is 21.3 Å². The van der Waals surface area contributed by atoms with Gasteiger partial charge in [0, 0.05) is 17.5 Å². The van der Waals surface area contributed by atoms with Gasteiger partial charge in [-0.3, -0.25) is 0 Å². The normalized spacial score (nSPS) is 12.5. The van der Waals surface area contributed by atoms with Crippen molar-refractivity contribution in [3.8, 4) is 0 Å². The topological polar surface area (TPSA) is 42.7 Å². The molecule has 0 saturated heterocycles. The summed E-state index contributed by atoms with van der Waals surface area (Å²) in [6.45, 7) is 8.42. The summed E-state index contributed by atoms with van der Waals surface area (Å²) in [6, 6.07) is 9.14. The maximum absolute atomic E-state index is 4.32. The SMILES string of the molecule is CCCNC(C)c1cccc(SCc2ncnn2CC)c1. The number of aromatic nitrogens is 3. The molecule has 1 N–H and O–H groups in total. The van der Waals surface area contributed by atoms with Crippen LogP contribution in [0.3, 0.4) is 0 Å². The number of rotatable bonds is 8. The van der Waals surface area contributed by atoms with Crippen molar-refractivity contribution in [3.63, 3.8) is 0 Å². The molecule has 0 fully saturated rings. The first-order chi connectivity index (χ1) is 10.2. The van der Waals surface area contributed by atoms with Crippen LogP contribution < -0.4 is 5.32 Å². The zero-order valence-electron chi connectivity index (χ0n) is 13.0. The average molecular weight is 304 g/mol. The molecule has 1 unspecified atom stereocenters. The average Bonchev–Trinajstić information content (AvgIpc) is 2.98. The Morgan fingerprint density at radius 1 is 1.33 bits per heavy atom. The van der Waals surface area contributed by atoms with Gasteiger partial charge in [0.05, 0.1) is 5.75 Å². The van der Waals surface area contributed by atoms with Crippen LogP contribution >= 0.6 is 11.8 Å². The first kappa shape index (κ1) is 16.0. The first-order valence-corrected chi connectivity index (χ1v) is 8.56. The molecule has 4 nitrogen and oxygen atoms in total. The summed E-state index contributed by atoms with van der Waals surface area (Å²) < 4.78 is 1.95. The van der Waals surface area contributed by atoms with Crippen molar-refractivity contribution < 1.29 is 0 Å². The Bertz CT molecular complexity index is 553. The fourth-order valence-electron chi connectivity index (χ4n) is 2.16. The highest BCUT2D eigenvalue weighted by molar-refractivity contribution is 7.98. The van der Waals surface area contributed by atoms with E-state index in [1.54, 1.807) is 6.33 Å². The second-order valence-electron chi connectivity index (χ2n) is 5.03. The molecule has 0 spiro atoms. The van der Waals surface area contributed by atoms with E-state index in [2.05, 4.69) is 60.4 Å². The van der Waals surface area contributed by atoms with E-state index in [-0.39, 0.29) is 0 Å². The first-order valence-electron chi connectivity index (χ1n) is 7.57. The van der Waals surface area contributed by atoms with E-state index in [0.29, 0.717) is 6.04 Å². The van der Waals surface area contributed by atoms with Crippen LogP contribution in [-0.2, 0) is 12.3 Å². The summed E-state index contributed by atoms with van der Waals surface area (Å²) in [5.74, 6) is 1.89. The third kappa shape index (κ3) is 4.58. The molecule has 0 saturated carbocycles. The summed E-state index contributed by atoms with van der Waals surface area (Å²) in [5, 5.41) is 7.74. The standard InChI is InChI=1S/C16H24N4S/c1-4-9-17-13(3)14-7-6-8-15(10-14)21-11-16-18-12-19-20(16)5-2/h6-8,10,12-13,17H,4-5,9,11H2,1-3H3. The van der Waals surface area contributed by atoms with Gasteiger partial charge in [0.15, 0.2) is 0 Å². The molecule has 0 bridgehead atoms.